The first-order chi connectivity index (χ1) is 5.68. The molecule has 0 amide bonds. The van der Waals surface area contributed by atoms with E-state index in [4.69, 9.17) is 5.11 Å². The minimum atomic E-state index is -0.756. The second-order valence-corrected chi connectivity index (χ2v) is 3.43. The monoisotopic (exact) mass is 173 g/mol. The maximum absolute atomic E-state index is 11.0. The highest BCUT2D eigenvalue weighted by Crippen LogP contribution is 2.13. The van der Waals surface area contributed by atoms with Crippen molar-refractivity contribution in [3.05, 3.63) is 5.21 Å². The number of carbonyl (C=O) groups is 1. The molecule has 1 aliphatic rings. The summed E-state index contributed by atoms with van der Waals surface area (Å²) in [7, 11) is 0. The van der Waals surface area contributed by atoms with Crippen molar-refractivity contribution in [3.8, 4) is 0 Å². The second kappa shape index (κ2) is 4.42. The van der Waals surface area contributed by atoms with Crippen LogP contribution in [0.2, 0.25) is 0 Å². The molecule has 1 saturated heterocycles. The number of hydrogen-bond acceptors (Lipinski definition) is 2. The Kier molecular flexibility index (Phi) is 3.49. The van der Waals surface area contributed by atoms with E-state index >= 15 is 0 Å². The summed E-state index contributed by atoms with van der Waals surface area (Å²) in [5.41, 5.74) is 0. The van der Waals surface area contributed by atoms with Gasteiger partial charge in [0.05, 0.1) is 13.1 Å². The Morgan fingerprint density at radius 2 is 2.42 bits per heavy atom. The van der Waals surface area contributed by atoms with Crippen LogP contribution >= 0.6 is 0 Å². The van der Waals surface area contributed by atoms with Gasteiger partial charge in [-0.3, -0.25) is 4.79 Å². The molecule has 2 atom stereocenters. The maximum Gasteiger partial charge on any atom is 0.303 e. The second-order valence-electron chi connectivity index (χ2n) is 3.43. The number of piperidine rings is 1. The van der Waals surface area contributed by atoms with Crippen LogP contribution in [0.1, 0.15) is 25.7 Å². The minimum absolute atomic E-state index is 0.206. The number of hydrogen-bond donors (Lipinski definition) is 2. The fourth-order valence-electron chi connectivity index (χ4n) is 1.69. The van der Waals surface area contributed by atoms with Crippen LogP contribution in [-0.4, -0.2) is 24.2 Å². The van der Waals surface area contributed by atoms with Gasteiger partial charge in [-0.15, -0.1) is 0 Å². The van der Waals surface area contributed by atoms with E-state index in [2.05, 4.69) is 0 Å². The molecule has 0 radical (unpaired) electrons. The van der Waals surface area contributed by atoms with Crippen molar-refractivity contribution in [3.63, 3.8) is 0 Å². The highest BCUT2D eigenvalue weighted by atomic mass is 16.5. The molecular weight excluding hydrogens is 158 g/mol. The van der Waals surface area contributed by atoms with Crippen molar-refractivity contribution in [2.45, 2.75) is 25.7 Å². The average molecular weight is 173 g/mol. The fourth-order valence-corrected chi connectivity index (χ4v) is 1.69. The van der Waals surface area contributed by atoms with Crippen molar-refractivity contribution < 1.29 is 15.0 Å². The van der Waals surface area contributed by atoms with Crippen LogP contribution in [0.5, 0.6) is 0 Å². The first-order valence-corrected chi connectivity index (χ1v) is 4.42. The fraction of sp³-hybridized carbons (Fsp3) is 0.875. The summed E-state index contributed by atoms with van der Waals surface area (Å²) in [6.07, 6.45) is 2.85. The number of carboxylic acids is 1. The summed E-state index contributed by atoms with van der Waals surface area (Å²) in [4.78, 5) is 10.2. The summed E-state index contributed by atoms with van der Waals surface area (Å²) in [6, 6.07) is 0. The Balaban J connectivity index is 2.18. The van der Waals surface area contributed by atoms with E-state index in [1.54, 1.807) is 0 Å². The van der Waals surface area contributed by atoms with E-state index < -0.39 is 5.97 Å². The lowest BCUT2D eigenvalue weighted by Gasteiger charge is -2.31. The van der Waals surface area contributed by atoms with Crippen LogP contribution in [0.25, 0.3) is 0 Å². The van der Waals surface area contributed by atoms with Crippen molar-refractivity contribution in [2.75, 3.05) is 13.1 Å². The Morgan fingerprint density at radius 3 is 3.00 bits per heavy atom. The van der Waals surface area contributed by atoms with Gasteiger partial charge in [-0.2, -0.15) is 0 Å². The molecule has 1 heterocycles. The minimum Gasteiger partial charge on any atom is -0.634 e. The van der Waals surface area contributed by atoms with Gasteiger partial charge in [0.15, 0.2) is 0 Å². The molecule has 70 valence electrons. The predicted molar refractivity (Wildman–Crippen MR) is 43.7 cm³/mol. The van der Waals surface area contributed by atoms with Gasteiger partial charge in [-0.05, 0) is 19.3 Å². The molecule has 0 aromatic rings. The first kappa shape index (κ1) is 9.48. The zero-order chi connectivity index (χ0) is 8.97. The number of aliphatic carboxylic acids is 1. The van der Waals surface area contributed by atoms with Crippen LogP contribution in [0.3, 0.4) is 0 Å². The third-order valence-corrected chi connectivity index (χ3v) is 2.35. The summed E-state index contributed by atoms with van der Waals surface area (Å²) in [5, 5.41) is 19.7. The molecule has 0 aliphatic carbocycles. The lowest BCUT2D eigenvalue weighted by atomic mass is 9.94. The summed E-state index contributed by atoms with van der Waals surface area (Å²) in [6.45, 7) is 1.30. The van der Waals surface area contributed by atoms with E-state index in [-0.39, 0.29) is 6.42 Å². The highest BCUT2D eigenvalue weighted by molar-refractivity contribution is 5.66. The number of rotatable bonds is 3. The van der Waals surface area contributed by atoms with Gasteiger partial charge in [0.25, 0.3) is 0 Å². The molecule has 0 aromatic carbocycles. The van der Waals surface area contributed by atoms with E-state index in [0.29, 0.717) is 30.5 Å². The van der Waals surface area contributed by atoms with Crippen molar-refractivity contribution in [1.82, 2.24) is 0 Å². The molecule has 0 spiro atoms. The van der Waals surface area contributed by atoms with E-state index in [1.807, 2.05) is 0 Å². The highest BCUT2D eigenvalue weighted by Gasteiger charge is 2.18. The summed E-state index contributed by atoms with van der Waals surface area (Å²) in [5.74, 6) is -0.421. The van der Waals surface area contributed by atoms with E-state index in [9.17, 15) is 10.0 Å². The van der Waals surface area contributed by atoms with Crippen LogP contribution in [-0.2, 0) is 4.79 Å². The third-order valence-electron chi connectivity index (χ3n) is 2.35. The van der Waals surface area contributed by atoms with Gasteiger partial charge < -0.3 is 15.4 Å². The van der Waals surface area contributed by atoms with Gasteiger partial charge >= 0.3 is 5.97 Å². The molecule has 0 bridgehead atoms. The summed E-state index contributed by atoms with van der Waals surface area (Å²) >= 11 is 0. The van der Waals surface area contributed by atoms with Crippen LogP contribution in [0.15, 0.2) is 0 Å². The number of quaternary nitrogens is 1. The lowest BCUT2D eigenvalue weighted by molar-refractivity contribution is -0.857. The molecule has 0 saturated carbocycles. The Hall–Kier alpha value is -0.610. The Labute approximate surface area is 71.8 Å². The zero-order valence-corrected chi connectivity index (χ0v) is 7.08. The Bertz CT molecular complexity index is 160. The van der Waals surface area contributed by atoms with Crippen molar-refractivity contribution in [1.29, 1.82) is 0 Å². The molecule has 1 aliphatic heterocycles. The summed E-state index contributed by atoms with van der Waals surface area (Å²) < 4.78 is 0. The number of carboxylic acid groups (broad SMARTS) is 1. The lowest BCUT2D eigenvalue weighted by Crippen LogP contribution is -3.08. The maximum atomic E-state index is 11.0. The van der Waals surface area contributed by atoms with Gasteiger partial charge in [-0.25, -0.2) is 0 Å². The topological polar surface area (TPSA) is 64.8 Å². The zero-order valence-electron chi connectivity index (χ0n) is 7.08. The van der Waals surface area contributed by atoms with E-state index in [1.165, 1.54) is 0 Å². The van der Waals surface area contributed by atoms with E-state index in [0.717, 1.165) is 12.8 Å². The quantitative estimate of drug-likeness (QED) is 0.573. The van der Waals surface area contributed by atoms with Crippen molar-refractivity contribution >= 4 is 5.97 Å². The first-order valence-electron chi connectivity index (χ1n) is 4.42. The number of hydroxylamine groups is 2. The smallest absolute Gasteiger partial charge is 0.303 e. The van der Waals surface area contributed by atoms with Gasteiger partial charge in [0.2, 0.25) is 0 Å². The third kappa shape index (κ3) is 3.19. The van der Waals surface area contributed by atoms with Gasteiger partial charge in [0, 0.05) is 12.3 Å². The van der Waals surface area contributed by atoms with Gasteiger partial charge in [0.1, 0.15) is 0 Å². The largest absolute Gasteiger partial charge is 0.634 e. The van der Waals surface area contributed by atoms with Crippen LogP contribution in [0.4, 0.5) is 0 Å². The molecule has 2 unspecified atom stereocenters. The molecule has 1 rings (SSSR count). The van der Waals surface area contributed by atoms with Crippen LogP contribution < -0.4 is 5.06 Å². The molecule has 1 fully saturated rings. The Morgan fingerprint density at radius 1 is 1.67 bits per heavy atom. The predicted octanol–water partition coefficient (Wildman–Crippen LogP) is -0.356. The molecular formula is C8H15NO3. The SMILES string of the molecule is O=C(O)CCC1CCC[NH+]([O-])C1. The molecule has 2 N–H and O–H groups in total. The molecule has 4 heteroatoms. The normalized spacial score (nSPS) is 30.1. The van der Waals surface area contributed by atoms with Gasteiger partial charge in [-0.1, -0.05) is 0 Å². The molecule has 4 nitrogen and oxygen atoms in total. The average Bonchev–Trinajstić information content (AvgIpc) is 2.01. The van der Waals surface area contributed by atoms with Crippen molar-refractivity contribution in [2.24, 2.45) is 5.92 Å². The van der Waals surface area contributed by atoms with Crippen LogP contribution in [0, 0.1) is 11.1 Å². The number of nitrogens with one attached hydrogen (secondary N) is 1. The molecule has 12 heavy (non-hydrogen) atoms. The molecule has 0 aromatic heterocycles. The standard InChI is InChI=1S/C8H15NO3/c10-8(11)4-3-7-2-1-5-9(12)6-7/h7,9H,1-6H2,(H,10,11).